The van der Waals surface area contributed by atoms with E-state index in [-0.39, 0.29) is 12.6 Å². The van der Waals surface area contributed by atoms with Crippen LogP contribution >= 0.6 is 0 Å². The monoisotopic (exact) mass is 200 g/mol. The van der Waals surface area contributed by atoms with Gasteiger partial charge in [-0.3, -0.25) is 9.59 Å². The number of carbonyl (C=O) groups is 2. The van der Waals surface area contributed by atoms with E-state index in [1.165, 1.54) is 9.80 Å². The van der Waals surface area contributed by atoms with Crippen LogP contribution in [0.3, 0.4) is 0 Å². The molecule has 0 radical (unpaired) electrons. The number of piperazine rings is 1. The SMILES string of the molecule is CC(O)CN1CC(C)N(C)C(=O)C1=O. The molecule has 0 bridgehead atoms. The van der Waals surface area contributed by atoms with Crippen LogP contribution in [-0.4, -0.2) is 59.0 Å². The van der Waals surface area contributed by atoms with Gasteiger partial charge in [-0.25, -0.2) is 0 Å². The molecule has 1 aliphatic rings. The number of rotatable bonds is 2. The fraction of sp³-hybridized carbons (Fsp3) is 0.778. The zero-order valence-corrected chi connectivity index (χ0v) is 8.73. The first-order valence-electron chi connectivity index (χ1n) is 4.67. The van der Waals surface area contributed by atoms with Crippen LogP contribution in [0.15, 0.2) is 0 Å². The standard InChI is InChI=1S/C9H16N2O3/c1-6-4-11(5-7(2)12)9(14)8(13)10(6)3/h6-7,12H,4-5H2,1-3H3. The summed E-state index contributed by atoms with van der Waals surface area (Å²) in [7, 11) is 1.62. The maximum Gasteiger partial charge on any atom is 0.312 e. The lowest BCUT2D eigenvalue weighted by Gasteiger charge is -2.37. The summed E-state index contributed by atoms with van der Waals surface area (Å²) in [5, 5.41) is 9.14. The normalized spacial score (nSPS) is 25.6. The largest absolute Gasteiger partial charge is 0.392 e. The molecule has 0 aromatic heterocycles. The topological polar surface area (TPSA) is 60.9 Å². The van der Waals surface area contributed by atoms with Crippen LogP contribution in [0.5, 0.6) is 0 Å². The predicted octanol–water partition coefficient (Wildman–Crippen LogP) is -0.944. The Morgan fingerprint density at radius 2 is 2.07 bits per heavy atom. The Bertz CT molecular complexity index is 252. The second-order valence-corrected chi connectivity index (χ2v) is 3.82. The van der Waals surface area contributed by atoms with E-state index in [0.29, 0.717) is 6.54 Å². The molecule has 2 amide bonds. The number of carbonyl (C=O) groups excluding carboxylic acids is 2. The number of hydrogen-bond acceptors (Lipinski definition) is 3. The van der Waals surface area contributed by atoms with Gasteiger partial charge in [0.2, 0.25) is 0 Å². The molecule has 1 heterocycles. The van der Waals surface area contributed by atoms with Crippen LogP contribution in [-0.2, 0) is 9.59 Å². The molecule has 0 aromatic carbocycles. The number of aliphatic hydroxyl groups excluding tert-OH is 1. The van der Waals surface area contributed by atoms with Crippen LogP contribution in [0, 0.1) is 0 Å². The third-order valence-corrected chi connectivity index (χ3v) is 2.42. The van der Waals surface area contributed by atoms with Crippen molar-refractivity contribution in [2.24, 2.45) is 0 Å². The predicted molar refractivity (Wildman–Crippen MR) is 50.5 cm³/mol. The van der Waals surface area contributed by atoms with Crippen molar-refractivity contribution in [1.82, 2.24) is 9.80 Å². The van der Waals surface area contributed by atoms with Crippen molar-refractivity contribution in [3.63, 3.8) is 0 Å². The fourth-order valence-electron chi connectivity index (χ4n) is 1.49. The van der Waals surface area contributed by atoms with E-state index >= 15 is 0 Å². The van der Waals surface area contributed by atoms with E-state index in [9.17, 15) is 9.59 Å². The van der Waals surface area contributed by atoms with Gasteiger partial charge in [0.15, 0.2) is 0 Å². The van der Waals surface area contributed by atoms with Crippen molar-refractivity contribution < 1.29 is 14.7 Å². The first kappa shape index (κ1) is 11.0. The van der Waals surface area contributed by atoms with Crippen LogP contribution in [0.25, 0.3) is 0 Å². The highest BCUT2D eigenvalue weighted by Crippen LogP contribution is 2.09. The summed E-state index contributed by atoms with van der Waals surface area (Å²) in [6.45, 7) is 4.19. The van der Waals surface area contributed by atoms with Gasteiger partial charge in [-0.2, -0.15) is 0 Å². The lowest BCUT2D eigenvalue weighted by Crippen LogP contribution is -2.58. The number of β-amino-alcohol motifs (C(OH)–C–C–N with tert-alkyl or cyclic N) is 1. The number of likely N-dealkylation sites (N-methyl/N-ethyl adjacent to an activating group) is 1. The minimum absolute atomic E-state index is 0.0129. The maximum atomic E-state index is 11.4. The minimum atomic E-state index is -0.595. The van der Waals surface area contributed by atoms with Gasteiger partial charge in [0.1, 0.15) is 0 Å². The second kappa shape index (κ2) is 3.96. The molecule has 5 nitrogen and oxygen atoms in total. The molecule has 2 unspecified atom stereocenters. The van der Waals surface area contributed by atoms with E-state index in [1.54, 1.807) is 14.0 Å². The summed E-state index contributed by atoms with van der Waals surface area (Å²) in [4.78, 5) is 25.7. The van der Waals surface area contributed by atoms with Crippen molar-refractivity contribution in [2.75, 3.05) is 20.1 Å². The zero-order chi connectivity index (χ0) is 10.9. The Morgan fingerprint density at radius 1 is 1.50 bits per heavy atom. The summed E-state index contributed by atoms with van der Waals surface area (Å²) < 4.78 is 0. The average Bonchev–Trinajstić information content (AvgIpc) is 2.10. The van der Waals surface area contributed by atoms with Crippen molar-refractivity contribution in [2.45, 2.75) is 26.0 Å². The molecule has 0 aliphatic carbocycles. The Morgan fingerprint density at radius 3 is 2.57 bits per heavy atom. The quantitative estimate of drug-likeness (QED) is 0.585. The average molecular weight is 200 g/mol. The van der Waals surface area contributed by atoms with Crippen molar-refractivity contribution >= 4 is 11.8 Å². The molecule has 80 valence electrons. The number of nitrogens with zero attached hydrogens (tertiary/aromatic N) is 2. The van der Waals surface area contributed by atoms with Crippen LogP contribution in [0.4, 0.5) is 0 Å². The van der Waals surface area contributed by atoms with E-state index in [0.717, 1.165) is 0 Å². The highest BCUT2D eigenvalue weighted by atomic mass is 16.3. The van der Waals surface area contributed by atoms with E-state index in [2.05, 4.69) is 0 Å². The molecule has 2 atom stereocenters. The lowest BCUT2D eigenvalue weighted by atomic mass is 10.2. The molecule has 1 aliphatic heterocycles. The molecule has 1 rings (SSSR count). The van der Waals surface area contributed by atoms with Crippen LogP contribution < -0.4 is 0 Å². The highest BCUT2D eigenvalue weighted by Gasteiger charge is 2.34. The fourth-order valence-corrected chi connectivity index (χ4v) is 1.49. The highest BCUT2D eigenvalue weighted by molar-refractivity contribution is 6.35. The summed E-state index contributed by atoms with van der Waals surface area (Å²) in [6.07, 6.45) is -0.595. The molecular formula is C9H16N2O3. The van der Waals surface area contributed by atoms with Crippen molar-refractivity contribution in [3.8, 4) is 0 Å². The third-order valence-electron chi connectivity index (χ3n) is 2.42. The number of aliphatic hydroxyl groups is 1. The molecule has 5 heteroatoms. The second-order valence-electron chi connectivity index (χ2n) is 3.82. The number of hydrogen-bond donors (Lipinski definition) is 1. The van der Waals surface area contributed by atoms with E-state index in [1.807, 2.05) is 6.92 Å². The molecule has 1 fully saturated rings. The molecule has 0 spiro atoms. The van der Waals surface area contributed by atoms with Gasteiger partial charge in [0.25, 0.3) is 0 Å². The molecular weight excluding hydrogens is 184 g/mol. The summed E-state index contributed by atoms with van der Waals surface area (Å²) in [5.74, 6) is -1.02. The van der Waals surface area contributed by atoms with Gasteiger partial charge < -0.3 is 14.9 Å². The Kier molecular flexibility index (Phi) is 3.10. The van der Waals surface area contributed by atoms with Gasteiger partial charge in [0, 0.05) is 26.2 Å². The maximum absolute atomic E-state index is 11.4. The van der Waals surface area contributed by atoms with Gasteiger partial charge >= 0.3 is 11.8 Å². The Balaban J connectivity index is 2.71. The molecule has 1 saturated heterocycles. The van der Waals surface area contributed by atoms with Crippen LogP contribution in [0.2, 0.25) is 0 Å². The molecule has 14 heavy (non-hydrogen) atoms. The summed E-state index contributed by atoms with van der Waals surface area (Å²) in [5.41, 5.74) is 0. The number of amides is 2. The first-order chi connectivity index (χ1) is 6.43. The van der Waals surface area contributed by atoms with Gasteiger partial charge in [-0.15, -0.1) is 0 Å². The molecule has 0 saturated carbocycles. The van der Waals surface area contributed by atoms with E-state index in [4.69, 9.17) is 5.11 Å². The minimum Gasteiger partial charge on any atom is -0.392 e. The first-order valence-corrected chi connectivity index (χ1v) is 4.67. The van der Waals surface area contributed by atoms with Crippen molar-refractivity contribution in [3.05, 3.63) is 0 Å². The van der Waals surface area contributed by atoms with E-state index < -0.39 is 17.9 Å². The van der Waals surface area contributed by atoms with Crippen molar-refractivity contribution in [1.29, 1.82) is 0 Å². The molecule has 0 aromatic rings. The Hall–Kier alpha value is -1.10. The lowest BCUT2D eigenvalue weighted by molar-refractivity contribution is -0.158. The van der Waals surface area contributed by atoms with Gasteiger partial charge in [-0.05, 0) is 13.8 Å². The van der Waals surface area contributed by atoms with Crippen LogP contribution in [0.1, 0.15) is 13.8 Å². The van der Waals surface area contributed by atoms with Gasteiger partial charge in [0.05, 0.1) is 6.10 Å². The summed E-state index contributed by atoms with van der Waals surface area (Å²) >= 11 is 0. The zero-order valence-electron chi connectivity index (χ0n) is 8.73. The summed E-state index contributed by atoms with van der Waals surface area (Å²) in [6, 6.07) is 0.0129. The third kappa shape index (κ3) is 2.04. The van der Waals surface area contributed by atoms with Gasteiger partial charge in [-0.1, -0.05) is 0 Å². The Labute approximate surface area is 83.3 Å². The smallest absolute Gasteiger partial charge is 0.312 e. The molecule has 1 N–H and O–H groups in total.